The quantitative estimate of drug-likeness (QED) is 0.731. The predicted octanol–water partition coefficient (Wildman–Crippen LogP) is 5.08. The lowest BCUT2D eigenvalue weighted by Crippen LogP contribution is -1.87. The molecule has 0 aliphatic carbocycles. The molecule has 1 heterocycles. The van der Waals surface area contributed by atoms with Crippen molar-refractivity contribution < 1.29 is 4.74 Å². The van der Waals surface area contributed by atoms with Crippen molar-refractivity contribution in [3.63, 3.8) is 0 Å². The minimum atomic E-state index is 0.533. The second-order valence-electron chi connectivity index (χ2n) is 3.33. The molecule has 0 saturated carbocycles. The summed E-state index contributed by atoms with van der Waals surface area (Å²) in [6.07, 6.45) is 3.15. The van der Waals surface area contributed by atoms with E-state index in [4.69, 9.17) is 27.9 Å². The summed E-state index contributed by atoms with van der Waals surface area (Å²) in [5.41, 5.74) is 1.02. The molecule has 0 amide bonds. The molecule has 0 radical (unpaired) electrons. The Morgan fingerprint density at radius 3 is 2.59 bits per heavy atom. The van der Waals surface area contributed by atoms with Crippen molar-refractivity contribution in [2.45, 2.75) is 5.33 Å². The van der Waals surface area contributed by atoms with Gasteiger partial charge in [0.05, 0.1) is 11.2 Å². The second-order valence-corrected chi connectivity index (χ2v) is 4.73. The van der Waals surface area contributed by atoms with Crippen LogP contribution in [0.3, 0.4) is 0 Å². The molecule has 0 spiro atoms. The van der Waals surface area contributed by atoms with Crippen LogP contribution in [0.2, 0.25) is 10.0 Å². The van der Waals surface area contributed by atoms with Gasteiger partial charge in [-0.1, -0.05) is 45.2 Å². The molecule has 0 fully saturated rings. The first-order valence-corrected chi connectivity index (χ1v) is 6.69. The summed E-state index contributed by atoms with van der Waals surface area (Å²) < 4.78 is 5.59. The third-order valence-electron chi connectivity index (χ3n) is 2.08. The van der Waals surface area contributed by atoms with E-state index < -0.39 is 0 Å². The number of halogens is 3. The summed E-state index contributed by atoms with van der Waals surface area (Å²) in [7, 11) is 0. The van der Waals surface area contributed by atoms with Crippen LogP contribution >= 0.6 is 39.1 Å². The highest BCUT2D eigenvalue weighted by Gasteiger charge is 2.03. The van der Waals surface area contributed by atoms with Gasteiger partial charge in [-0.15, -0.1) is 0 Å². The zero-order valence-corrected chi connectivity index (χ0v) is 11.8. The first-order valence-electron chi connectivity index (χ1n) is 4.82. The third-order valence-corrected chi connectivity index (χ3v) is 3.25. The van der Waals surface area contributed by atoms with Gasteiger partial charge in [0.15, 0.2) is 0 Å². The van der Waals surface area contributed by atoms with Crippen LogP contribution in [0.15, 0.2) is 36.7 Å². The fourth-order valence-electron chi connectivity index (χ4n) is 1.28. The van der Waals surface area contributed by atoms with Gasteiger partial charge in [-0.05, 0) is 17.7 Å². The normalized spacial score (nSPS) is 10.3. The summed E-state index contributed by atoms with van der Waals surface area (Å²) >= 11 is 15.2. The lowest BCUT2D eigenvalue weighted by atomic mass is 10.2. The Balaban J connectivity index is 2.22. The average molecular weight is 333 g/mol. The maximum atomic E-state index is 6.08. The number of ether oxygens (including phenoxy) is 1. The number of benzene rings is 1. The van der Waals surface area contributed by atoms with Crippen molar-refractivity contribution in [2.75, 3.05) is 0 Å². The standard InChI is InChI=1S/C12H8BrCl2NO/c13-5-8-1-2-10(4-12(8)15)17-11-3-9(14)6-16-7-11/h1-4,6-7H,5H2. The summed E-state index contributed by atoms with van der Waals surface area (Å²) in [4.78, 5) is 3.94. The van der Waals surface area contributed by atoms with E-state index in [9.17, 15) is 0 Å². The zero-order chi connectivity index (χ0) is 12.3. The highest BCUT2D eigenvalue weighted by molar-refractivity contribution is 9.08. The summed E-state index contributed by atoms with van der Waals surface area (Å²) in [6, 6.07) is 7.22. The molecule has 2 rings (SSSR count). The van der Waals surface area contributed by atoms with Gasteiger partial charge >= 0.3 is 0 Å². The number of rotatable bonds is 3. The van der Waals surface area contributed by atoms with Crippen LogP contribution in [0.5, 0.6) is 11.5 Å². The molecule has 17 heavy (non-hydrogen) atoms. The van der Waals surface area contributed by atoms with Crippen LogP contribution in [0.4, 0.5) is 0 Å². The van der Waals surface area contributed by atoms with Crippen molar-refractivity contribution in [3.8, 4) is 11.5 Å². The first kappa shape index (κ1) is 12.7. The SMILES string of the molecule is Clc1cncc(Oc2ccc(CBr)c(Cl)c2)c1. The number of pyridine rings is 1. The lowest BCUT2D eigenvalue weighted by Gasteiger charge is -2.07. The minimum absolute atomic E-state index is 0.533. The van der Waals surface area contributed by atoms with Gasteiger partial charge in [0.2, 0.25) is 0 Å². The molecule has 88 valence electrons. The molecule has 2 nitrogen and oxygen atoms in total. The fourth-order valence-corrected chi connectivity index (χ4v) is 2.34. The first-order chi connectivity index (χ1) is 8.19. The maximum absolute atomic E-state index is 6.08. The summed E-state index contributed by atoms with van der Waals surface area (Å²) in [5, 5.41) is 1.91. The van der Waals surface area contributed by atoms with Crippen molar-refractivity contribution in [3.05, 3.63) is 52.3 Å². The van der Waals surface area contributed by atoms with Gasteiger partial charge in [0.1, 0.15) is 11.5 Å². The smallest absolute Gasteiger partial charge is 0.147 e. The topological polar surface area (TPSA) is 22.1 Å². The van der Waals surface area contributed by atoms with Gasteiger partial charge in [-0.25, -0.2) is 0 Å². The minimum Gasteiger partial charge on any atom is -0.456 e. The van der Waals surface area contributed by atoms with Crippen LogP contribution < -0.4 is 4.74 Å². The predicted molar refractivity (Wildman–Crippen MR) is 73.4 cm³/mol. The number of aromatic nitrogens is 1. The highest BCUT2D eigenvalue weighted by atomic mass is 79.9. The van der Waals surface area contributed by atoms with Crippen molar-refractivity contribution in [1.29, 1.82) is 0 Å². The van der Waals surface area contributed by atoms with Gasteiger partial charge in [-0.2, -0.15) is 0 Å². The van der Waals surface area contributed by atoms with Crippen LogP contribution in [-0.2, 0) is 5.33 Å². The Morgan fingerprint density at radius 1 is 1.12 bits per heavy atom. The van der Waals surface area contributed by atoms with Crippen molar-refractivity contribution in [1.82, 2.24) is 4.98 Å². The van der Waals surface area contributed by atoms with Crippen LogP contribution in [0, 0.1) is 0 Å². The fraction of sp³-hybridized carbons (Fsp3) is 0.0833. The van der Waals surface area contributed by atoms with Crippen LogP contribution in [-0.4, -0.2) is 4.98 Å². The molecule has 0 unspecified atom stereocenters. The van der Waals surface area contributed by atoms with Crippen LogP contribution in [0.1, 0.15) is 5.56 Å². The van der Waals surface area contributed by atoms with Crippen molar-refractivity contribution in [2.24, 2.45) is 0 Å². The molecular weight excluding hydrogens is 325 g/mol. The molecule has 1 aromatic heterocycles. The number of nitrogens with zero attached hydrogens (tertiary/aromatic N) is 1. The zero-order valence-electron chi connectivity index (χ0n) is 8.66. The highest BCUT2D eigenvalue weighted by Crippen LogP contribution is 2.28. The molecule has 0 aliphatic heterocycles. The number of hydrogen-bond acceptors (Lipinski definition) is 2. The van der Waals surface area contributed by atoms with Gasteiger partial charge in [0.25, 0.3) is 0 Å². The maximum Gasteiger partial charge on any atom is 0.147 e. The Morgan fingerprint density at radius 2 is 1.94 bits per heavy atom. The Bertz CT molecular complexity index is 534. The third kappa shape index (κ3) is 3.35. The molecule has 2 aromatic rings. The van der Waals surface area contributed by atoms with E-state index in [0.717, 1.165) is 5.56 Å². The van der Waals surface area contributed by atoms with E-state index in [1.54, 1.807) is 24.5 Å². The number of alkyl halides is 1. The average Bonchev–Trinajstić information content (AvgIpc) is 2.29. The molecular formula is C12H8BrCl2NO. The van der Waals surface area contributed by atoms with Crippen molar-refractivity contribution >= 4 is 39.1 Å². The number of hydrogen-bond donors (Lipinski definition) is 0. The van der Waals surface area contributed by atoms with E-state index in [2.05, 4.69) is 20.9 Å². The Kier molecular flexibility index (Phi) is 4.26. The van der Waals surface area contributed by atoms with E-state index in [1.165, 1.54) is 0 Å². The molecule has 0 aliphatic rings. The lowest BCUT2D eigenvalue weighted by molar-refractivity contribution is 0.480. The molecule has 0 saturated heterocycles. The Labute approximate surface area is 118 Å². The van der Waals surface area contributed by atoms with Crippen LogP contribution in [0.25, 0.3) is 0 Å². The largest absolute Gasteiger partial charge is 0.456 e. The molecule has 0 bridgehead atoms. The summed E-state index contributed by atoms with van der Waals surface area (Å²) in [5.74, 6) is 1.24. The van der Waals surface area contributed by atoms with E-state index in [0.29, 0.717) is 26.9 Å². The monoisotopic (exact) mass is 331 g/mol. The Hall–Kier alpha value is -0.770. The van der Waals surface area contributed by atoms with E-state index >= 15 is 0 Å². The molecule has 1 aromatic carbocycles. The molecule has 5 heteroatoms. The van der Waals surface area contributed by atoms with E-state index in [1.807, 2.05) is 12.1 Å². The summed E-state index contributed by atoms with van der Waals surface area (Å²) in [6.45, 7) is 0. The van der Waals surface area contributed by atoms with Gasteiger partial charge < -0.3 is 4.74 Å². The van der Waals surface area contributed by atoms with Gasteiger partial charge in [0, 0.05) is 22.6 Å². The molecule has 0 N–H and O–H groups in total. The molecule has 0 atom stereocenters. The van der Waals surface area contributed by atoms with Gasteiger partial charge in [-0.3, -0.25) is 4.98 Å². The second kappa shape index (κ2) is 5.71. The van der Waals surface area contributed by atoms with E-state index in [-0.39, 0.29) is 0 Å².